The van der Waals surface area contributed by atoms with E-state index in [-0.39, 0.29) is 11.7 Å². The highest BCUT2D eigenvalue weighted by atomic mass is 19.1. The minimum Gasteiger partial charge on any atom is -0.388 e. The number of nitrogens with two attached hydrogens (primary N) is 1. The number of hydrogen-bond acceptors (Lipinski definition) is 3. The summed E-state index contributed by atoms with van der Waals surface area (Å²) in [5, 5.41) is 4.69. The van der Waals surface area contributed by atoms with E-state index >= 15 is 0 Å². The zero-order chi connectivity index (χ0) is 22.8. The molecule has 0 saturated heterocycles. The van der Waals surface area contributed by atoms with Gasteiger partial charge in [-0.05, 0) is 85.5 Å². The smallest absolute Gasteiger partial charge is 0.123 e. The normalized spacial score (nSPS) is 18.9. The Labute approximate surface area is 189 Å². The Morgan fingerprint density at radius 1 is 1.28 bits per heavy atom. The molecular weight excluding hydrogens is 401 g/mol. The first-order chi connectivity index (χ1) is 15.4. The average molecular weight is 434 g/mol. The van der Waals surface area contributed by atoms with Crippen LogP contribution in [0.3, 0.4) is 0 Å². The van der Waals surface area contributed by atoms with Crippen LogP contribution in [0.5, 0.6) is 0 Å². The molecule has 0 radical (unpaired) electrons. The van der Waals surface area contributed by atoms with E-state index in [1.54, 1.807) is 0 Å². The van der Waals surface area contributed by atoms with E-state index in [1.165, 1.54) is 39.7 Å². The van der Waals surface area contributed by atoms with Gasteiger partial charge in [-0.1, -0.05) is 18.2 Å². The molecular formula is C27H32FN3O. The molecule has 0 spiro atoms. The third-order valence-corrected chi connectivity index (χ3v) is 6.84. The Kier molecular flexibility index (Phi) is 6.47. The van der Waals surface area contributed by atoms with E-state index in [0.717, 1.165) is 42.6 Å². The lowest BCUT2D eigenvalue weighted by atomic mass is 9.70. The number of H-pyrrole nitrogens is 1. The highest BCUT2D eigenvalue weighted by Crippen LogP contribution is 2.48. The second kappa shape index (κ2) is 9.29. The summed E-state index contributed by atoms with van der Waals surface area (Å²) in [5.41, 5.74) is 13.7. The van der Waals surface area contributed by atoms with E-state index in [1.807, 2.05) is 12.1 Å². The Morgan fingerprint density at radius 2 is 2.00 bits per heavy atom. The van der Waals surface area contributed by atoms with Gasteiger partial charge < -0.3 is 20.8 Å². The first-order valence-corrected chi connectivity index (χ1v) is 11.4. The predicted molar refractivity (Wildman–Crippen MR) is 129 cm³/mol. The molecule has 1 aromatic heterocycles. The molecule has 4 rings (SSSR count). The number of rotatable bonds is 9. The fourth-order valence-electron chi connectivity index (χ4n) is 5.00. The lowest BCUT2D eigenvalue weighted by Gasteiger charge is -2.37. The molecule has 0 bridgehead atoms. The number of carbonyl (C=O) groups is 1. The minimum absolute atomic E-state index is 0.00646. The van der Waals surface area contributed by atoms with Gasteiger partial charge in [0.15, 0.2) is 0 Å². The van der Waals surface area contributed by atoms with Gasteiger partial charge >= 0.3 is 0 Å². The van der Waals surface area contributed by atoms with Gasteiger partial charge in [0.2, 0.25) is 0 Å². The van der Waals surface area contributed by atoms with E-state index < -0.39 is 0 Å². The molecule has 32 heavy (non-hydrogen) atoms. The van der Waals surface area contributed by atoms with Crippen molar-refractivity contribution in [1.82, 2.24) is 10.3 Å². The summed E-state index contributed by atoms with van der Waals surface area (Å²) in [6, 6.07) is 11.2. The van der Waals surface area contributed by atoms with E-state index in [9.17, 15) is 9.18 Å². The number of carbonyl (C=O) groups excluding carboxylic acids is 1. The topological polar surface area (TPSA) is 70.9 Å². The maximum atomic E-state index is 13.5. The Bertz CT molecular complexity index is 1130. The molecule has 1 heterocycles. The third kappa shape index (κ3) is 4.35. The second-order valence-corrected chi connectivity index (χ2v) is 9.20. The van der Waals surface area contributed by atoms with Crippen molar-refractivity contribution in [2.75, 3.05) is 13.1 Å². The molecule has 1 atom stereocenters. The molecule has 1 unspecified atom stereocenters. The summed E-state index contributed by atoms with van der Waals surface area (Å²) < 4.78 is 13.5. The summed E-state index contributed by atoms with van der Waals surface area (Å²) in [4.78, 5) is 14.5. The standard InChI is InChI=1S/C27H32FN3O/c1-16-10-17(2)26-24(11-16)25(27(31-26)20-4-6-23(28)7-5-20)22-12-19(13-22)15-30-18(3)21(14-29)8-9-32/h4-7,9-11,19,21-22,30-31H,3,8,12-15,29H2,1-2H3. The molecule has 168 valence electrons. The van der Waals surface area contributed by atoms with Crippen molar-refractivity contribution in [1.29, 1.82) is 0 Å². The number of fused-ring (bicyclic) bond motifs is 1. The first kappa shape index (κ1) is 22.3. The molecule has 0 aliphatic heterocycles. The fourth-order valence-corrected chi connectivity index (χ4v) is 5.00. The van der Waals surface area contributed by atoms with E-state index in [4.69, 9.17) is 5.73 Å². The molecule has 5 heteroatoms. The van der Waals surface area contributed by atoms with Gasteiger partial charge in [0.1, 0.15) is 12.1 Å². The van der Waals surface area contributed by atoms with Gasteiger partial charge in [-0.3, -0.25) is 0 Å². The van der Waals surface area contributed by atoms with Crippen LogP contribution in [0.4, 0.5) is 4.39 Å². The van der Waals surface area contributed by atoms with Gasteiger partial charge in [0.05, 0.1) is 0 Å². The largest absolute Gasteiger partial charge is 0.388 e. The van der Waals surface area contributed by atoms with Crippen molar-refractivity contribution >= 4 is 17.2 Å². The second-order valence-electron chi connectivity index (χ2n) is 9.20. The van der Waals surface area contributed by atoms with Gasteiger partial charge in [0, 0.05) is 47.7 Å². The van der Waals surface area contributed by atoms with Crippen LogP contribution in [0.1, 0.15) is 41.9 Å². The predicted octanol–water partition coefficient (Wildman–Crippen LogP) is 5.35. The summed E-state index contributed by atoms with van der Waals surface area (Å²) >= 11 is 0. The molecule has 4 N–H and O–H groups in total. The number of halogens is 1. The maximum Gasteiger partial charge on any atom is 0.123 e. The maximum absolute atomic E-state index is 13.5. The summed E-state index contributed by atoms with van der Waals surface area (Å²) in [6.07, 6.45) is 3.47. The number of aromatic nitrogens is 1. The van der Waals surface area contributed by atoms with E-state index in [2.05, 4.69) is 42.9 Å². The quantitative estimate of drug-likeness (QED) is 0.398. The van der Waals surface area contributed by atoms with Crippen molar-refractivity contribution in [3.05, 3.63) is 71.2 Å². The van der Waals surface area contributed by atoms with Crippen LogP contribution in [0, 0.1) is 31.5 Å². The Balaban J connectivity index is 1.55. The SMILES string of the molecule is C=C(NCC1CC(c2c(-c3ccc(F)cc3)[nH]c3c(C)cc(C)cc23)C1)C(CN)CC=O. The van der Waals surface area contributed by atoms with Crippen molar-refractivity contribution in [3.63, 3.8) is 0 Å². The monoisotopic (exact) mass is 433 g/mol. The third-order valence-electron chi connectivity index (χ3n) is 6.84. The fraction of sp³-hybridized carbons (Fsp3) is 0.370. The lowest BCUT2D eigenvalue weighted by molar-refractivity contribution is -0.108. The van der Waals surface area contributed by atoms with Crippen molar-refractivity contribution in [2.45, 2.75) is 39.0 Å². The van der Waals surface area contributed by atoms with Crippen LogP contribution in [0.25, 0.3) is 22.2 Å². The summed E-state index contributed by atoms with van der Waals surface area (Å²) in [6.45, 7) is 9.61. The number of aldehydes is 1. The Hall–Kier alpha value is -2.92. The van der Waals surface area contributed by atoms with Gasteiger partial charge in [-0.15, -0.1) is 0 Å². The molecule has 4 nitrogen and oxygen atoms in total. The van der Waals surface area contributed by atoms with E-state index in [0.29, 0.717) is 24.8 Å². The highest BCUT2D eigenvalue weighted by Gasteiger charge is 2.34. The van der Waals surface area contributed by atoms with Crippen LogP contribution in [0.2, 0.25) is 0 Å². The van der Waals surface area contributed by atoms with Crippen LogP contribution < -0.4 is 11.1 Å². The van der Waals surface area contributed by atoms with Crippen LogP contribution in [0.15, 0.2) is 48.7 Å². The Morgan fingerprint density at radius 3 is 2.66 bits per heavy atom. The molecule has 1 aliphatic rings. The summed E-state index contributed by atoms with van der Waals surface area (Å²) in [7, 11) is 0. The first-order valence-electron chi connectivity index (χ1n) is 11.4. The number of hydrogen-bond donors (Lipinski definition) is 3. The number of aromatic amines is 1. The van der Waals surface area contributed by atoms with Crippen molar-refractivity contribution in [2.24, 2.45) is 17.6 Å². The zero-order valence-electron chi connectivity index (χ0n) is 18.9. The van der Waals surface area contributed by atoms with Crippen LogP contribution in [-0.2, 0) is 4.79 Å². The molecule has 1 fully saturated rings. The van der Waals surface area contributed by atoms with Gasteiger partial charge in [0.25, 0.3) is 0 Å². The molecule has 0 amide bonds. The van der Waals surface area contributed by atoms with Crippen LogP contribution in [-0.4, -0.2) is 24.4 Å². The van der Waals surface area contributed by atoms with Crippen molar-refractivity contribution < 1.29 is 9.18 Å². The van der Waals surface area contributed by atoms with Gasteiger partial charge in [-0.25, -0.2) is 4.39 Å². The highest BCUT2D eigenvalue weighted by molar-refractivity contribution is 5.94. The minimum atomic E-state index is -0.223. The average Bonchev–Trinajstić information content (AvgIpc) is 3.10. The number of aryl methyl sites for hydroxylation is 2. The van der Waals surface area contributed by atoms with Gasteiger partial charge in [-0.2, -0.15) is 0 Å². The number of benzene rings is 2. The zero-order valence-corrected chi connectivity index (χ0v) is 18.9. The molecule has 1 saturated carbocycles. The van der Waals surface area contributed by atoms with Crippen molar-refractivity contribution in [3.8, 4) is 11.3 Å². The molecule has 3 aromatic rings. The molecule has 2 aromatic carbocycles. The lowest BCUT2D eigenvalue weighted by Crippen LogP contribution is -2.34. The number of nitrogens with one attached hydrogen (secondary N) is 2. The van der Waals surface area contributed by atoms with Crippen LogP contribution >= 0.6 is 0 Å². The summed E-state index contributed by atoms with van der Waals surface area (Å²) in [5.74, 6) is 0.764. The molecule has 1 aliphatic carbocycles.